The van der Waals surface area contributed by atoms with E-state index < -0.39 is 0 Å². The molecule has 76 valence electrons. The molecule has 0 aliphatic carbocycles. The molecule has 0 N–H and O–H groups in total. The lowest BCUT2D eigenvalue weighted by atomic mass is 10.2. The molecule has 0 spiro atoms. The number of ether oxygens (including phenoxy) is 1. The Hall–Kier alpha value is -0.590. The molecule has 0 aromatic rings. The topological polar surface area (TPSA) is 36.3 Å². The average molecular weight is 184 g/mol. The van der Waals surface area contributed by atoms with Gasteiger partial charge in [0.15, 0.2) is 0 Å². The number of nitrogens with zero attached hydrogens (tertiary/aromatic N) is 2. The number of hydrogen-bond acceptors (Lipinski definition) is 3. The minimum Gasteiger partial charge on any atom is -0.377 e. The SMILES string of the molecule is CCC(C#N)N(C)CCOC(C)C. The van der Waals surface area contributed by atoms with Gasteiger partial charge in [-0.1, -0.05) is 6.92 Å². The molecule has 3 nitrogen and oxygen atoms in total. The minimum atomic E-state index is 0.0239. The molecule has 13 heavy (non-hydrogen) atoms. The molecule has 0 aliphatic rings. The van der Waals surface area contributed by atoms with Gasteiger partial charge < -0.3 is 4.74 Å². The first-order valence-electron chi connectivity index (χ1n) is 4.83. The molecule has 1 unspecified atom stereocenters. The minimum absolute atomic E-state index is 0.0239. The van der Waals surface area contributed by atoms with Crippen LogP contribution in [0.15, 0.2) is 0 Å². The summed E-state index contributed by atoms with van der Waals surface area (Å²) in [5, 5.41) is 8.77. The van der Waals surface area contributed by atoms with Crippen molar-refractivity contribution in [3.05, 3.63) is 0 Å². The second-order valence-corrected chi connectivity index (χ2v) is 3.45. The van der Waals surface area contributed by atoms with Crippen LogP contribution in [0.2, 0.25) is 0 Å². The van der Waals surface area contributed by atoms with Crippen molar-refractivity contribution in [2.24, 2.45) is 0 Å². The maximum Gasteiger partial charge on any atom is 0.0973 e. The molecule has 0 radical (unpaired) electrons. The summed E-state index contributed by atoms with van der Waals surface area (Å²) in [6.45, 7) is 7.58. The van der Waals surface area contributed by atoms with Crippen molar-refractivity contribution < 1.29 is 4.74 Å². The van der Waals surface area contributed by atoms with Crippen LogP contribution in [-0.2, 0) is 4.74 Å². The maximum absolute atomic E-state index is 8.77. The van der Waals surface area contributed by atoms with Crippen molar-refractivity contribution in [3.8, 4) is 6.07 Å². The van der Waals surface area contributed by atoms with Crippen LogP contribution in [0.3, 0.4) is 0 Å². The van der Waals surface area contributed by atoms with Crippen molar-refractivity contribution in [3.63, 3.8) is 0 Å². The van der Waals surface area contributed by atoms with E-state index >= 15 is 0 Å². The van der Waals surface area contributed by atoms with Gasteiger partial charge in [0.2, 0.25) is 0 Å². The highest BCUT2D eigenvalue weighted by Crippen LogP contribution is 1.99. The Morgan fingerprint density at radius 2 is 2.08 bits per heavy atom. The summed E-state index contributed by atoms with van der Waals surface area (Å²) in [7, 11) is 1.96. The van der Waals surface area contributed by atoms with Crippen LogP contribution in [-0.4, -0.2) is 37.2 Å². The van der Waals surface area contributed by atoms with Crippen LogP contribution in [0.4, 0.5) is 0 Å². The molecule has 0 rings (SSSR count). The summed E-state index contributed by atoms with van der Waals surface area (Å²) in [4.78, 5) is 2.03. The van der Waals surface area contributed by atoms with E-state index in [2.05, 4.69) is 6.07 Å². The van der Waals surface area contributed by atoms with E-state index in [1.807, 2.05) is 32.7 Å². The predicted octanol–water partition coefficient (Wildman–Crippen LogP) is 1.65. The van der Waals surface area contributed by atoms with Crippen LogP contribution in [0.25, 0.3) is 0 Å². The second-order valence-electron chi connectivity index (χ2n) is 3.45. The number of nitriles is 1. The molecule has 0 fully saturated rings. The van der Waals surface area contributed by atoms with E-state index in [4.69, 9.17) is 10.00 Å². The molecular formula is C10H20N2O. The number of likely N-dealkylation sites (N-methyl/N-ethyl adjacent to an activating group) is 1. The molecule has 0 aromatic carbocycles. The highest BCUT2D eigenvalue weighted by Gasteiger charge is 2.10. The normalized spacial score (nSPS) is 13.3. The molecule has 0 saturated carbocycles. The molecule has 0 aromatic heterocycles. The van der Waals surface area contributed by atoms with Gasteiger partial charge in [-0.3, -0.25) is 4.90 Å². The van der Waals surface area contributed by atoms with E-state index in [0.717, 1.165) is 13.0 Å². The van der Waals surface area contributed by atoms with Crippen LogP contribution in [0, 0.1) is 11.3 Å². The van der Waals surface area contributed by atoms with Gasteiger partial charge in [0.25, 0.3) is 0 Å². The van der Waals surface area contributed by atoms with Crippen molar-refractivity contribution in [2.45, 2.75) is 39.3 Å². The fourth-order valence-corrected chi connectivity index (χ4v) is 1.09. The summed E-state index contributed by atoms with van der Waals surface area (Å²) in [6, 6.07) is 2.28. The lowest BCUT2D eigenvalue weighted by Gasteiger charge is -2.21. The van der Waals surface area contributed by atoms with Crippen LogP contribution >= 0.6 is 0 Å². The van der Waals surface area contributed by atoms with E-state index in [1.54, 1.807) is 0 Å². The first-order chi connectivity index (χ1) is 6.11. The fourth-order valence-electron chi connectivity index (χ4n) is 1.09. The summed E-state index contributed by atoms with van der Waals surface area (Å²) in [6.07, 6.45) is 1.14. The van der Waals surface area contributed by atoms with Gasteiger partial charge >= 0.3 is 0 Å². The third-order valence-electron chi connectivity index (χ3n) is 1.96. The van der Waals surface area contributed by atoms with Gasteiger partial charge in [-0.25, -0.2) is 0 Å². The average Bonchev–Trinajstić information content (AvgIpc) is 2.05. The fraction of sp³-hybridized carbons (Fsp3) is 0.900. The first kappa shape index (κ1) is 12.4. The van der Waals surface area contributed by atoms with E-state index in [0.29, 0.717) is 6.61 Å². The Labute approximate surface area is 81.3 Å². The van der Waals surface area contributed by atoms with Crippen LogP contribution in [0.1, 0.15) is 27.2 Å². The third kappa shape index (κ3) is 5.62. The predicted molar refractivity (Wildman–Crippen MR) is 53.4 cm³/mol. The lowest BCUT2D eigenvalue weighted by molar-refractivity contribution is 0.0598. The van der Waals surface area contributed by atoms with Gasteiger partial charge in [0.05, 0.1) is 24.8 Å². The lowest BCUT2D eigenvalue weighted by Crippen LogP contribution is -2.33. The van der Waals surface area contributed by atoms with Crippen LogP contribution in [0.5, 0.6) is 0 Å². The van der Waals surface area contributed by atoms with E-state index in [1.165, 1.54) is 0 Å². The second kappa shape index (κ2) is 6.88. The zero-order valence-electron chi connectivity index (χ0n) is 9.08. The zero-order chi connectivity index (χ0) is 10.3. The molecule has 0 saturated heterocycles. The molecule has 0 aliphatic heterocycles. The molecule has 0 heterocycles. The molecule has 3 heteroatoms. The van der Waals surface area contributed by atoms with Crippen molar-refractivity contribution in [1.29, 1.82) is 5.26 Å². The van der Waals surface area contributed by atoms with Gasteiger partial charge in [-0.2, -0.15) is 5.26 Å². The maximum atomic E-state index is 8.77. The number of hydrogen-bond donors (Lipinski definition) is 0. The number of rotatable bonds is 6. The molecule has 0 amide bonds. The highest BCUT2D eigenvalue weighted by molar-refractivity contribution is 4.89. The third-order valence-corrected chi connectivity index (χ3v) is 1.96. The summed E-state index contributed by atoms with van der Waals surface area (Å²) in [5.41, 5.74) is 0. The van der Waals surface area contributed by atoms with E-state index in [-0.39, 0.29) is 12.1 Å². The smallest absolute Gasteiger partial charge is 0.0973 e. The summed E-state index contributed by atoms with van der Waals surface area (Å²) in [5.74, 6) is 0. The van der Waals surface area contributed by atoms with Crippen molar-refractivity contribution in [2.75, 3.05) is 20.2 Å². The largest absolute Gasteiger partial charge is 0.377 e. The summed E-state index contributed by atoms with van der Waals surface area (Å²) >= 11 is 0. The monoisotopic (exact) mass is 184 g/mol. The van der Waals surface area contributed by atoms with Gasteiger partial charge in [-0.15, -0.1) is 0 Å². The Kier molecular flexibility index (Phi) is 6.56. The Bertz CT molecular complexity index is 163. The zero-order valence-corrected chi connectivity index (χ0v) is 9.08. The van der Waals surface area contributed by atoms with Gasteiger partial charge in [0.1, 0.15) is 0 Å². The standard InChI is InChI=1S/C10H20N2O/c1-5-10(8-11)12(4)6-7-13-9(2)3/h9-10H,5-7H2,1-4H3. The van der Waals surface area contributed by atoms with Crippen LogP contribution < -0.4 is 0 Å². The molecule has 1 atom stereocenters. The Morgan fingerprint density at radius 1 is 1.46 bits per heavy atom. The molecule has 0 bridgehead atoms. The van der Waals surface area contributed by atoms with E-state index in [9.17, 15) is 0 Å². The van der Waals surface area contributed by atoms with Gasteiger partial charge in [0, 0.05) is 6.54 Å². The Morgan fingerprint density at radius 3 is 2.46 bits per heavy atom. The summed E-state index contributed by atoms with van der Waals surface area (Å²) < 4.78 is 5.40. The Balaban J connectivity index is 3.61. The molecular weight excluding hydrogens is 164 g/mol. The first-order valence-corrected chi connectivity index (χ1v) is 4.83. The van der Waals surface area contributed by atoms with Gasteiger partial charge in [-0.05, 0) is 27.3 Å². The quantitative estimate of drug-likeness (QED) is 0.629. The van der Waals surface area contributed by atoms with Crippen molar-refractivity contribution in [1.82, 2.24) is 4.90 Å². The van der Waals surface area contributed by atoms with Crippen molar-refractivity contribution >= 4 is 0 Å². The highest BCUT2D eigenvalue weighted by atomic mass is 16.5.